The molecule has 2 unspecified atom stereocenters. The molecule has 6 N–H and O–H groups in total. The zero-order valence-corrected chi connectivity index (χ0v) is 30.9. The van der Waals surface area contributed by atoms with E-state index in [0.29, 0.717) is 41.0 Å². The molecule has 0 bridgehead atoms. The van der Waals surface area contributed by atoms with E-state index in [4.69, 9.17) is 5.73 Å². The van der Waals surface area contributed by atoms with Crippen molar-refractivity contribution in [3.63, 3.8) is 0 Å². The Morgan fingerprint density at radius 1 is 0.942 bits per heavy atom. The number of aromatic nitrogens is 1. The highest BCUT2D eigenvalue weighted by Crippen LogP contribution is 2.33. The fraction of sp³-hybridized carbons (Fsp3) is 0.475. The Labute approximate surface area is 309 Å². The number of carbonyl (C=O) groups is 4. The van der Waals surface area contributed by atoms with Gasteiger partial charge in [0.15, 0.2) is 0 Å². The molecule has 0 radical (unpaired) electrons. The second kappa shape index (κ2) is 18.9. The molecule has 1 heterocycles. The van der Waals surface area contributed by atoms with Gasteiger partial charge in [0, 0.05) is 12.8 Å². The Kier molecular flexibility index (Phi) is 14.1. The molecule has 5 rings (SSSR count). The molecule has 12 heteroatoms. The standard InChI is InChI=1S/C40H51FN6O4S/c1-3-34(48)43-32(24-35-44-30-21-20-28(41)23-33(30)52-35)39(50)47-37(27-16-8-9-17-27)40(51)45-31(19-11-12-22-42)38(49)46-36(26-14-5-4-6-15-26)29-18-10-7-13-25(29)2/h4-7,10,14-15,18,20-21,23,25,27,31-32,36-37H,3,8-9,11-13,16-17,19,22,24,42H2,1-2H3,(H,43,48)(H,45,51)(H,46,49)(H,47,50)/t25?,31-,32-,36?,37-/m0/s1. The molecule has 2 aliphatic carbocycles. The zero-order valence-electron chi connectivity index (χ0n) is 30.0. The number of nitrogens with one attached hydrogen (secondary N) is 4. The number of hydrogen-bond acceptors (Lipinski definition) is 7. The van der Waals surface area contributed by atoms with Gasteiger partial charge in [-0.2, -0.15) is 0 Å². The lowest BCUT2D eigenvalue weighted by Gasteiger charge is -2.31. The third-order valence-electron chi connectivity index (χ3n) is 10.0. The van der Waals surface area contributed by atoms with E-state index in [1.807, 2.05) is 36.4 Å². The molecule has 1 saturated carbocycles. The Morgan fingerprint density at radius 3 is 2.40 bits per heavy atom. The quantitative estimate of drug-likeness (QED) is 0.115. The summed E-state index contributed by atoms with van der Waals surface area (Å²) in [7, 11) is 0. The van der Waals surface area contributed by atoms with Gasteiger partial charge in [0.25, 0.3) is 0 Å². The van der Waals surface area contributed by atoms with Gasteiger partial charge in [-0.15, -0.1) is 11.3 Å². The number of allylic oxidation sites excluding steroid dienone is 3. The Hall–Kier alpha value is -4.42. The van der Waals surface area contributed by atoms with Gasteiger partial charge in [-0.3, -0.25) is 19.2 Å². The van der Waals surface area contributed by atoms with E-state index in [-0.39, 0.29) is 48.4 Å². The minimum absolute atomic E-state index is 0.0754. The lowest BCUT2D eigenvalue weighted by Crippen LogP contribution is -2.59. The van der Waals surface area contributed by atoms with E-state index in [1.165, 1.54) is 23.5 Å². The second-order valence-corrected chi connectivity index (χ2v) is 15.0. The summed E-state index contributed by atoms with van der Waals surface area (Å²) >= 11 is 1.25. The van der Waals surface area contributed by atoms with E-state index in [1.54, 1.807) is 13.0 Å². The number of rotatable bonds is 17. The first-order chi connectivity index (χ1) is 25.2. The van der Waals surface area contributed by atoms with Crippen LogP contribution in [-0.4, -0.2) is 53.3 Å². The number of amides is 4. The summed E-state index contributed by atoms with van der Waals surface area (Å²) in [5, 5.41) is 12.6. The van der Waals surface area contributed by atoms with Crippen molar-refractivity contribution in [1.29, 1.82) is 0 Å². The van der Waals surface area contributed by atoms with Crippen LogP contribution < -0.4 is 27.0 Å². The molecule has 278 valence electrons. The van der Waals surface area contributed by atoms with Crippen molar-refractivity contribution in [2.75, 3.05) is 6.54 Å². The molecular weight excluding hydrogens is 680 g/mol. The molecule has 52 heavy (non-hydrogen) atoms. The summed E-state index contributed by atoms with van der Waals surface area (Å²) in [6.07, 6.45) is 12.3. The van der Waals surface area contributed by atoms with Gasteiger partial charge >= 0.3 is 0 Å². The monoisotopic (exact) mass is 730 g/mol. The van der Waals surface area contributed by atoms with Crippen LogP contribution in [-0.2, 0) is 25.6 Å². The fourth-order valence-corrected chi connectivity index (χ4v) is 8.11. The molecule has 0 spiro atoms. The second-order valence-electron chi connectivity index (χ2n) is 13.9. The minimum Gasteiger partial charge on any atom is -0.344 e. The molecule has 1 fully saturated rings. The SMILES string of the molecule is CCC(=O)N[C@@H](Cc1nc2ccc(F)cc2s1)C(=O)N[C@H](C(=O)N[C@@H](CCCCN)C(=O)NC(C1=CC=CCC1C)c1ccccc1)C1CCCC1. The molecule has 1 aromatic heterocycles. The van der Waals surface area contributed by atoms with Crippen molar-refractivity contribution in [2.45, 2.75) is 102 Å². The Bertz CT molecular complexity index is 1750. The highest BCUT2D eigenvalue weighted by Gasteiger charge is 2.37. The zero-order chi connectivity index (χ0) is 37.0. The molecule has 3 aromatic rings. The van der Waals surface area contributed by atoms with Gasteiger partial charge in [0.1, 0.15) is 23.9 Å². The van der Waals surface area contributed by atoms with Crippen LogP contribution in [0.25, 0.3) is 10.2 Å². The largest absolute Gasteiger partial charge is 0.344 e. The molecule has 2 aliphatic rings. The molecule has 5 atom stereocenters. The average molecular weight is 731 g/mol. The van der Waals surface area contributed by atoms with Crippen molar-refractivity contribution >= 4 is 45.2 Å². The summed E-state index contributed by atoms with van der Waals surface area (Å²) in [5.41, 5.74) is 8.44. The van der Waals surface area contributed by atoms with Crippen LogP contribution in [0.5, 0.6) is 0 Å². The van der Waals surface area contributed by atoms with E-state index >= 15 is 0 Å². The summed E-state index contributed by atoms with van der Waals surface area (Å²) in [6, 6.07) is 10.9. The van der Waals surface area contributed by atoms with Crippen molar-refractivity contribution in [3.05, 3.63) is 88.7 Å². The number of hydrogen-bond donors (Lipinski definition) is 5. The van der Waals surface area contributed by atoms with Gasteiger partial charge in [-0.1, -0.05) is 75.2 Å². The molecule has 10 nitrogen and oxygen atoms in total. The summed E-state index contributed by atoms with van der Waals surface area (Å²) in [4.78, 5) is 59.5. The van der Waals surface area contributed by atoms with Crippen LogP contribution in [0.2, 0.25) is 0 Å². The van der Waals surface area contributed by atoms with Crippen LogP contribution >= 0.6 is 11.3 Å². The van der Waals surface area contributed by atoms with Gasteiger partial charge in [0.05, 0.1) is 21.3 Å². The molecule has 4 amide bonds. The number of benzene rings is 2. The number of unbranched alkanes of at least 4 members (excludes halogenated alkanes) is 1. The van der Waals surface area contributed by atoms with E-state index in [2.05, 4.69) is 45.3 Å². The lowest BCUT2D eigenvalue weighted by molar-refractivity contribution is -0.135. The number of nitrogens with two attached hydrogens (primary N) is 1. The van der Waals surface area contributed by atoms with E-state index < -0.39 is 29.9 Å². The number of nitrogens with zero attached hydrogens (tertiary/aromatic N) is 1. The number of carbonyl (C=O) groups excluding carboxylic acids is 4. The highest BCUT2D eigenvalue weighted by molar-refractivity contribution is 7.18. The summed E-state index contributed by atoms with van der Waals surface area (Å²) in [5.74, 6) is -1.89. The minimum atomic E-state index is -1.01. The normalized spacial score (nSPS) is 18.2. The van der Waals surface area contributed by atoms with Gasteiger partial charge in [-0.05, 0) is 86.2 Å². The lowest BCUT2D eigenvalue weighted by atomic mass is 9.84. The predicted molar refractivity (Wildman–Crippen MR) is 203 cm³/mol. The van der Waals surface area contributed by atoms with E-state index in [9.17, 15) is 23.6 Å². The maximum Gasteiger partial charge on any atom is 0.243 e. The predicted octanol–water partition coefficient (Wildman–Crippen LogP) is 5.54. The van der Waals surface area contributed by atoms with Crippen LogP contribution in [0.15, 0.2) is 72.3 Å². The van der Waals surface area contributed by atoms with Crippen LogP contribution in [0, 0.1) is 17.7 Å². The summed E-state index contributed by atoms with van der Waals surface area (Å²) < 4.78 is 14.5. The maximum atomic E-state index is 14.2. The van der Waals surface area contributed by atoms with Crippen molar-refractivity contribution in [1.82, 2.24) is 26.3 Å². The number of thiazole rings is 1. The smallest absolute Gasteiger partial charge is 0.243 e. The molecule has 2 aromatic carbocycles. The maximum absolute atomic E-state index is 14.2. The van der Waals surface area contributed by atoms with Crippen molar-refractivity contribution in [3.8, 4) is 0 Å². The van der Waals surface area contributed by atoms with Gasteiger partial charge in [0.2, 0.25) is 23.6 Å². The average Bonchev–Trinajstić information content (AvgIpc) is 3.82. The third kappa shape index (κ3) is 10.3. The van der Waals surface area contributed by atoms with Gasteiger partial charge in [-0.25, -0.2) is 9.37 Å². The Morgan fingerprint density at radius 2 is 1.69 bits per heavy atom. The van der Waals surface area contributed by atoms with E-state index in [0.717, 1.165) is 43.2 Å². The topological polar surface area (TPSA) is 155 Å². The van der Waals surface area contributed by atoms with Crippen molar-refractivity contribution < 1.29 is 23.6 Å². The first-order valence-electron chi connectivity index (χ1n) is 18.5. The molecular formula is C40H51FN6O4S. The molecule has 0 saturated heterocycles. The first-order valence-corrected chi connectivity index (χ1v) is 19.4. The summed E-state index contributed by atoms with van der Waals surface area (Å²) in [6.45, 7) is 4.29. The third-order valence-corrected chi connectivity index (χ3v) is 11.1. The number of fused-ring (bicyclic) bond motifs is 1. The van der Waals surface area contributed by atoms with Crippen molar-refractivity contribution in [2.24, 2.45) is 17.6 Å². The van der Waals surface area contributed by atoms with Crippen LogP contribution in [0.4, 0.5) is 4.39 Å². The van der Waals surface area contributed by atoms with Crippen LogP contribution in [0.1, 0.15) is 88.2 Å². The molecule has 0 aliphatic heterocycles. The van der Waals surface area contributed by atoms with Gasteiger partial charge < -0.3 is 27.0 Å². The highest BCUT2D eigenvalue weighted by atomic mass is 32.1. The first kappa shape index (κ1) is 38.8. The number of halogens is 1. The van der Waals surface area contributed by atoms with Crippen LogP contribution in [0.3, 0.4) is 0 Å². The fourth-order valence-electron chi connectivity index (χ4n) is 7.07. The Balaban J connectivity index is 1.36.